The van der Waals surface area contributed by atoms with Crippen LogP contribution in [-0.2, 0) is 38.1 Å². The van der Waals surface area contributed by atoms with Gasteiger partial charge in [0.1, 0.15) is 6.61 Å². The van der Waals surface area contributed by atoms with E-state index in [4.69, 9.17) is 23.7 Å². The van der Waals surface area contributed by atoms with E-state index in [0.717, 1.165) is 0 Å². The molecule has 0 radical (unpaired) electrons. The van der Waals surface area contributed by atoms with Crippen LogP contribution >= 0.6 is 0 Å². The molecule has 0 spiro atoms. The van der Waals surface area contributed by atoms with E-state index >= 15 is 0 Å². The molecule has 1 aliphatic rings. The predicted octanol–water partition coefficient (Wildman–Crippen LogP) is -0.214. The Hall–Kier alpha value is -1.67. The Morgan fingerprint density at radius 2 is 1.70 bits per heavy atom. The van der Waals surface area contributed by atoms with Crippen molar-refractivity contribution in [3.05, 3.63) is 0 Å². The molecular formula is C12H18O8. The van der Waals surface area contributed by atoms with Crippen molar-refractivity contribution in [2.45, 2.75) is 38.8 Å². The fourth-order valence-electron chi connectivity index (χ4n) is 1.89. The number of esters is 3. The van der Waals surface area contributed by atoms with Crippen LogP contribution in [0.1, 0.15) is 20.8 Å². The lowest BCUT2D eigenvalue weighted by molar-refractivity contribution is -0.260. The maximum absolute atomic E-state index is 11.2. The van der Waals surface area contributed by atoms with Crippen LogP contribution in [0.25, 0.3) is 0 Å². The predicted molar refractivity (Wildman–Crippen MR) is 63.4 cm³/mol. The second-order valence-corrected chi connectivity index (χ2v) is 4.29. The molecule has 3 unspecified atom stereocenters. The fraction of sp³-hybridized carbons (Fsp3) is 0.750. The first-order chi connectivity index (χ1) is 9.30. The zero-order chi connectivity index (χ0) is 15.3. The Morgan fingerprint density at radius 1 is 1.10 bits per heavy atom. The lowest BCUT2D eigenvalue weighted by Crippen LogP contribution is -2.51. The van der Waals surface area contributed by atoms with Gasteiger partial charge < -0.3 is 23.7 Å². The standard InChI is InChI=1S/C12H18O8/c1-7(13)17-6-12(16-4)11(20-9(3)15)10(5-18-12)19-8(2)14/h10-11H,5-6H2,1-4H3. The number of hydrogen-bond acceptors (Lipinski definition) is 8. The van der Waals surface area contributed by atoms with E-state index in [2.05, 4.69) is 0 Å². The van der Waals surface area contributed by atoms with Crippen LogP contribution in [0.4, 0.5) is 0 Å². The molecular weight excluding hydrogens is 272 g/mol. The summed E-state index contributed by atoms with van der Waals surface area (Å²) in [4.78, 5) is 33.2. The van der Waals surface area contributed by atoms with Gasteiger partial charge in [0.25, 0.3) is 0 Å². The van der Waals surface area contributed by atoms with Crippen molar-refractivity contribution in [2.75, 3.05) is 20.3 Å². The molecule has 0 aromatic carbocycles. The zero-order valence-electron chi connectivity index (χ0n) is 11.8. The van der Waals surface area contributed by atoms with Gasteiger partial charge >= 0.3 is 17.9 Å². The van der Waals surface area contributed by atoms with E-state index in [0.29, 0.717) is 0 Å². The highest BCUT2D eigenvalue weighted by Gasteiger charge is 2.56. The molecule has 1 heterocycles. The molecule has 0 N–H and O–H groups in total. The summed E-state index contributed by atoms with van der Waals surface area (Å²) in [5, 5.41) is 0. The van der Waals surface area contributed by atoms with Gasteiger partial charge in [-0.1, -0.05) is 0 Å². The minimum absolute atomic E-state index is 0.0351. The van der Waals surface area contributed by atoms with Gasteiger partial charge in [0.15, 0.2) is 12.2 Å². The normalized spacial score (nSPS) is 28.8. The Labute approximate surface area is 116 Å². The minimum Gasteiger partial charge on any atom is -0.460 e. The van der Waals surface area contributed by atoms with Crippen molar-refractivity contribution in [3.63, 3.8) is 0 Å². The summed E-state index contributed by atoms with van der Waals surface area (Å²) in [6.45, 7) is 3.34. The molecule has 0 bridgehead atoms. The van der Waals surface area contributed by atoms with Crippen LogP contribution in [0, 0.1) is 0 Å². The molecule has 8 nitrogen and oxygen atoms in total. The van der Waals surface area contributed by atoms with Crippen LogP contribution in [0.3, 0.4) is 0 Å². The van der Waals surface area contributed by atoms with Gasteiger partial charge in [0, 0.05) is 27.9 Å². The summed E-state index contributed by atoms with van der Waals surface area (Å²) in [5.74, 6) is -3.17. The molecule has 3 atom stereocenters. The third-order valence-corrected chi connectivity index (χ3v) is 2.70. The van der Waals surface area contributed by atoms with E-state index in [9.17, 15) is 14.4 Å². The molecule has 1 aliphatic heterocycles. The number of methoxy groups -OCH3 is 1. The van der Waals surface area contributed by atoms with Gasteiger partial charge in [0.05, 0.1) is 6.61 Å². The van der Waals surface area contributed by atoms with Crippen LogP contribution < -0.4 is 0 Å². The summed E-state index contributed by atoms with van der Waals surface area (Å²) in [6, 6.07) is 0. The maximum atomic E-state index is 11.2. The number of ether oxygens (including phenoxy) is 5. The number of rotatable bonds is 5. The molecule has 0 saturated carbocycles. The summed E-state index contributed by atoms with van der Waals surface area (Å²) in [7, 11) is 1.32. The van der Waals surface area contributed by atoms with Crippen molar-refractivity contribution in [3.8, 4) is 0 Å². The van der Waals surface area contributed by atoms with E-state index in [1.165, 1.54) is 27.9 Å². The maximum Gasteiger partial charge on any atom is 0.303 e. The molecule has 0 amide bonds. The topological polar surface area (TPSA) is 97.4 Å². The van der Waals surface area contributed by atoms with E-state index in [1.54, 1.807) is 0 Å². The number of carbonyl (C=O) groups excluding carboxylic acids is 3. The molecule has 0 aromatic rings. The van der Waals surface area contributed by atoms with Gasteiger partial charge in [-0.15, -0.1) is 0 Å². The highest BCUT2D eigenvalue weighted by atomic mass is 16.8. The van der Waals surface area contributed by atoms with Crippen molar-refractivity contribution in [2.24, 2.45) is 0 Å². The highest BCUT2D eigenvalue weighted by molar-refractivity contribution is 5.68. The first-order valence-electron chi connectivity index (χ1n) is 5.97. The summed E-state index contributed by atoms with van der Waals surface area (Å²) < 4.78 is 25.6. The fourth-order valence-corrected chi connectivity index (χ4v) is 1.89. The van der Waals surface area contributed by atoms with Crippen LogP contribution in [0.5, 0.6) is 0 Å². The van der Waals surface area contributed by atoms with Gasteiger partial charge in [-0.25, -0.2) is 0 Å². The molecule has 1 fully saturated rings. The van der Waals surface area contributed by atoms with Gasteiger partial charge in [-0.2, -0.15) is 0 Å². The molecule has 1 rings (SSSR count). The van der Waals surface area contributed by atoms with E-state index < -0.39 is 35.9 Å². The van der Waals surface area contributed by atoms with Crippen molar-refractivity contribution in [1.82, 2.24) is 0 Å². The van der Waals surface area contributed by atoms with Gasteiger partial charge in [0.2, 0.25) is 5.79 Å². The first-order valence-corrected chi connectivity index (χ1v) is 5.97. The summed E-state index contributed by atoms with van der Waals surface area (Å²) >= 11 is 0. The number of hydrogen-bond donors (Lipinski definition) is 0. The third kappa shape index (κ3) is 3.91. The lowest BCUT2D eigenvalue weighted by atomic mass is 10.1. The largest absolute Gasteiger partial charge is 0.460 e. The van der Waals surface area contributed by atoms with E-state index in [-0.39, 0.29) is 13.2 Å². The lowest BCUT2D eigenvalue weighted by Gasteiger charge is -2.32. The Kier molecular flexibility index (Phi) is 5.46. The second kappa shape index (κ2) is 6.67. The minimum atomic E-state index is -1.49. The summed E-state index contributed by atoms with van der Waals surface area (Å²) in [5.41, 5.74) is 0. The van der Waals surface area contributed by atoms with Crippen molar-refractivity contribution >= 4 is 17.9 Å². The average Bonchev–Trinajstić information content (AvgIpc) is 2.65. The Morgan fingerprint density at radius 3 is 2.15 bits per heavy atom. The molecule has 8 heteroatoms. The average molecular weight is 290 g/mol. The first kappa shape index (κ1) is 16.4. The second-order valence-electron chi connectivity index (χ2n) is 4.29. The molecule has 114 valence electrons. The summed E-state index contributed by atoms with van der Waals surface area (Å²) in [6.07, 6.45) is -1.85. The Balaban J connectivity index is 2.92. The van der Waals surface area contributed by atoms with E-state index in [1.807, 2.05) is 0 Å². The van der Waals surface area contributed by atoms with Crippen molar-refractivity contribution < 1.29 is 38.1 Å². The third-order valence-electron chi connectivity index (χ3n) is 2.70. The van der Waals surface area contributed by atoms with Crippen LogP contribution in [-0.4, -0.2) is 56.2 Å². The highest BCUT2D eigenvalue weighted by Crippen LogP contribution is 2.32. The Bertz CT molecular complexity index is 393. The van der Waals surface area contributed by atoms with Gasteiger partial charge in [-0.05, 0) is 0 Å². The molecule has 20 heavy (non-hydrogen) atoms. The quantitative estimate of drug-likeness (QED) is 0.506. The molecule has 0 aromatic heterocycles. The monoisotopic (exact) mass is 290 g/mol. The SMILES string of the molecule is COC1(COC(C)=O)OCC(OC(C)=O)C1OC(C)=O. The van der Waals surface area contributed by atoms with Crippen molar-refractivity contribution in [1.29, 1.82) is 0 Å². The molecule has 0 aliphatic carbocycles. The van der Waals surface area contributed by atoms with Crippen LogP contribution in [0.2, 0.25) is 0 Å². The molecule has 1 saturated heterocycles. The zero-order valence-corrected chi connectivity index (χ0v) is 11.8. The smallest absolute Gasteiger partial charge is 0.303 e. The van der Waals surface area contributed by atoms with Crippen LogP contribution in [0.15, 0.2) is 0 Å². The van der Waals surface area contributed by atoms with Gasteiger partial charge in [-0.3, -0.25) is 14.4 Å². The number of carbonyl (C=O) groups is 3.